The summed E-state index contributed by atoms with van der Waals surface area (Å²) in [6.45, 7) is 3.55. The van der Waals surface area contributed by atoms with Gasteiger partial charge in [0.05, 0.1) is 11.4 Å². The summed E-state index contributed by atoms with van der Waals surface area (Å²) in [7, 11) is -3.39. The van der Waals surface area contributed by atoms with E-state index < -0.39 is 10.0 Å². The molecule has 0 aliphatic rings. The number of anilines is 2. The molecule has 0 aromatic heterocycles. The molecule has 2 aromatic rings. The molecule has 138 valence electrons. The standard InChI is InChI=1S/C19H21ClN2O3S/c1-3-13-26(24,25)22-18-6-4-5-17(14(18)2)21-19(23)12-9-15-7-10-16(20)11-8-15/h4-12,22H,3,13H2,1-2H3,(H,21,23)/b12-9+. The Bertz CT molecular complexity index is 907. The van der Waals surface area contributed by atoms with Gasteiger partial charge in [-0.2, -0.15) is 0 Å². The molecule has 0 atom stereocenters. The van der Waals surface area contributed by atoms with E-state index in [9.17, 15) is 13.2 Å². The number of nitrogens with one attached hydrogen (secondary N) is 2. The molecule has 0 aliphatic carbocycles. The maximum Gasteiger partial charge on any atom is 0.248 e. The Labute approximate surface area is 159 Å². The van der Waals surface area contributed by atoms with Crippen molar-refractivity contribution in [2.45, 2.75) is 20.3 Å². The number of rotatable bonds is 7. The Morgan fingerprint density at radius 1 is 1.12 bits per heavy atom. The largest absolute Gasteiger partial charge is 0.322 e. The van der Waals surface area contributed by atoms with Gasteiger partial charge in [-0.3, -0.25) is 9.52 Å². The molecule has 0 radical (unpaired) electrons. The van der Waals surface area contributed by atoms with Crippen molar-refractivity contribution in [3.63, 3.8) is 0 Å². The molecule has 2 aromatic carbocycles. The number of hydrogen-bond donors (Lipinski definition) is 2. The zero-order chi connectivity index (χ0) is 19.2. The zero-order valence-corrected chi connectivity index (χ0v) is 16.2. The van der Waals surface area contributed by atoms with Crippen LogP contribution in [0.3, 0.4) is 0 Å². The fourth-order valence-electron chi connectivity index (χ4n) is 2.29. The van der Waals surface area contributed by atoms with Crippen molar-refractivity contribution < 1.29 is 13.2 Å². The SMILES string of the molecule is CCCS(=O)(=O)Nc1cccc(NC(=O)/C=C/c2ccc(Cl)cc2)c1C. The average molecular weight is 393 g/mol. The molecule has 0 unspecified atom stereocenters. The van der Waals surface area contributed by atoms with Gasteiger partial charge in [-0.25, -0.2) is 8.42 Å². The van der Waals surface area contributed by atoms with Crippen molar-refractivity contribution in [1.82, 2.24) is 0 Å². The van der Waals surface area contributed by atoms with Crippen molar-refractivity contribution in [3.05, 3.63) is 64.7 Å². The highest BCUT2D eigenvalue weighted by Gasteiger charge is 2.12. The molecule has 5 nitrogen and oxygen atoms in total. The van der Waals surface area contributed by atoms with E-state index in [-0.39, 0.29) is 11.7 Å². The van der Waals surface area contributed by atoms with E-state index in [0.717, 1.165) is 5.56 Å². The number of hydrogen-bond acceptors (Lipinski definition) is 3. The first-order valence-electron chi connectivity index (χ1n) is 8.15. The summed E-state index contributed by atoms with van der Waals surface area (Å²) in [6, 6.07) is 12.2. The predicted octanol–water partition coefficient (Wildman–Crippen LogP) is 4.45. The van der Waals surface area contributed by atoms with E-state index in [2.05, 4.69) is 10.0 Å². The summed E-state index contributed by atoms with van der Waals surface area (Å²) in [6.07, 6.45) is 3.62. The van der Waals surface area contributed by atoms with Crippen LogP contribution in [-0.2, 0) is 14.8 Å². The molecule has 26 heavy (non-hydrogen) atoms. The maximum atomic E-state index is 12.1. The van der Waals surface area contributed by atoms with E-state index in [1.807, 2.05) is 0 Å². The van der Waals surface area contributed by atoms with Crippen molar-refractivity contribution in [2.75, 3.05) is 15.8 Å². The lowest BCUT2D eigenvalue weighted by molar-refractivity contribution is -0.111. The van der Waals surface area contributed by atoms with Gasteiger partial charge in [0, 0.05) is 16.8 Å². The van der Waals surface area contributed by atoms with Crippen LogP contribution in [0.4, 0.5) is 11.4 Å². The molecular formula is C19H21ClN2O3S. The molecule has 0 bridgehead atoms. The Hall–Kier alpha value is -2.31. The first-order chi connectivity index (χ1) is 12.3. The van der Waals surface area contributed by atoms with E-state index in [1.54, 1.807) is 62.4 Å². The van der Waals surface area contributed by atoms with Crippen molar-refractivity contribution in [2.24, 2.45) is 0 Å². The van der Waals surface area contributed by atoms with Gasteiger partial charge in [-0.05, 0) is 54.8 Å². The molecule has 0 fully saturated rings. The lowest BCUT2D eigenvalue weighted by atomic mass is 10.1. The summed E-state index contributed by atoms with van der Waals surface area (Å²) in [4.78, 5) is 12.1. The highest BCUT2D eigenvalue weighted by atomic mass is 35.5. The molecule has 2 rings (SSSR count). The van der Waals surface area contributed by atoms with Crippen molar-refractivity contribution >= 4 is 45.0 Å². The summed E-state index contributed by atoms with van der Waals surface area (Å²) in [5.41, 5.74) is 2.51. The van der Waals surface area contributed by atoms with Gasteiger partial charge in [0.2, 0.25) is 15.9 Å². The summed E-state index contributed by atoms with van der Waals surface area (Å²) in [5, 5.41) is 3.39. The van der Waals surface area contributed by atoms with E-state index in [0.29, 0.717) is 28.4 Å². The predicted molar refractivity (Wildman–Crippen MR) is 108 cm³/mol. The van der Waals surface area contributed by atoms with Crippen LogP contribution in [0.5, 0.6) is 0 Å². The first kappa shape index (κ1) is 20.0. The van der Waals surface area contributed by atoms with Crippen LogP contribution < -0.4 is 10.0 Å². The highest BCUT2D eigenvalue weighted by molar-refractivity contribution is 7.92. The summed E-state index contributed by atoms with van der Waals surface area (Å²) in [5.74, 6) is -0.260. The monoisotopic (exact) mass is 392 g/mol. The van der Waals surface area contributed by atoms with E-state index in [4.69, 9.17) is 11.6 Å². The molecular weight excluding hydrogens is 372 g/mol. The number of carbonyl (C=O) groups excluding carboxylic acids is 1. The third kappa shape index (κ3) is 5.89. The normalized spacial score (nSPS) is 11.5. The van der Waals surface area contributed by atoms with Crippen LogP contribution in [0.1, 0.15) is 24.5 Å². The molecule has 7 heteroatoms. The van der Waals surface area contributed by atoms with Gasteiger partial charge in [-0.1, -0.05) is 36.7 Å². The van der Waals surface area contributed by atoms with Crippen molar-refractivity contribution in [3.8, 4) is 0 Å². The van der Waals surface area contributed by atoms with Gasteiger partial charge >= 0.3 is 0 Å². The molecule has 0 saturated carbocycles. The van der Waals surface area contributed by atoms with Gasteiger partial charge in [0.25, 0.3) is 0 Å². The average Bonchev–Trinajstić information content (AvgIpc) is 2.58. The lowest BCUT2D eigenvalue weighted by Gasteiger charge is -2.13. The molecule has 0 heterocycles. The quantitative estimate of drug-likeness (QED) is 0.683. The number of halogens is 1. The second-order valence-electron chi connectivity index (χ2n) is 5.77. The van der Waals surface area contributed by atoms with Crippen molar-refractivity contribution in [1.29, 1.82) is 0 Å². The zero-order valence-electron chi connectivity index (χ0n) is 14.6. The number of amides is 1. The second kappa shape index (κ2) is 8.87. The third-order valence-corrected chi connectivity index (χ3v) is 5.36. The second-order valence-corrected chi connectivity index (χ2v) is 8.05. The Kier molecular flexibility index (Phi) is 6.83. The smallest absolute Gasteiger partial charge is 0.248 e. The Morgan fingerprint density at radius 3 is 2.42 bits per heavy atom. The minimum absolute atomic E-state index is 0.0485. The number of carbonyl (C=O) groups is 1. The summed E-state index contributed by atoms with van der Waals surface area (Å²) < 4.78 is 26.5. The first-order valence-corrected chi connectivity index (χ1v) is 10.2. The van der Waals surface area contributed by atoms with Crippen LogP contribution in [0.25, 0.3) is 6.08 Å². The molecule has 1 amide bonds. The summed E-state index contributed by atoms with van der Waals surface area (Å²) >= 11 is 5.83. The van der Waals surface area contributed by atoms with Crippen LogP contribution in [-0.4, -0.2) is 20.1 Å². The van der Waals surface area contributed by atoms with Gasteiger partial charge in [-0.15, -0.1) is 0 Å². The molecule has 2 N–H and O–H groups in total. The van der Waals surface area contributed by atoms with Gasteiger partial charge in [0.15, 0.2) is 0 Å². The van der Waals surface area contributed by atoms with Gasteiger partial charge < -0.3 is 5.32 Å². The topological polar surface area (TPSA) is 75.3 Å². The highest BCUT2D eigenvalue weighted by Crippen LogP contribution is 2.24. The minimum Gasteiger partial charge on any atom is -0.322 e. The van der Waals surface area contributed by atoms with Crippen LogP contribution >= 0.6 is 11.6 Å². The Balaban J connectivity index is 2.10. The fraction of sp³-hybridized carbons (Fsp3) is 0.211. The molecule has 0 spiro atoms. The lowest BCUT2D eigenvalue weighted by Crippen LogP contribution is -2.17. The van der Waals surface area contributed by atoms with E-state index >= 15 is 0 Å². The third-order valence-electron chi connectivity index (χ3n) is 3.63. The minimum atomic E-state index is -3.39. The number of sulfonamides is 1. The Morgan fingerprint density at radius 2 is 1.77 bits per heavy atom. The van der Waals surface area contributed by atoms with E-state index in [1.165, 1.54) is 6.08 Å². The molecule has 0 saturated heterocycles. The van der Waals surface area contributed by atoms with Crippen LogP contribution in [0.2, 0.25) is 5.02 Å². The van der Waals surface area contributed by atoms with Crippen LogP contribution in [0.15, 0.2) is 48.5 Å². The maximum absolute atomic E-state index is 12.1. The number of benzene rings is 2. The fourth-order valence-corrected chi connectivity index (χ4v) is 3.61. The van der Waals surface area contributed by atoms with Gasteiger partial charge in [0.1, 0.15) is 0 Å². The molecule has 0 aliphatic heterocycles. The van der Waals surface area contributed by atoms with Crippen LogP contribution in [0, 0.1) is 6.92 Å².